The number of thiazole rings is 1. The van der Waals surface area contributed by atoms with Gasteiger partial charge in [-0.1, -0.05) is 6.58 Å². The van der Waals surface area contributed by atoms with Gasteiger partial charge in [0.15, 0.2) is 0 Å². The van der Waals surface area contributed by atoms with Crippen molar-refractivity contribution in [3.05, 3.63) is 41.5 Å². The quantitative estimate of drug-likeness (QED) is 0.719. The molecule has 0 aliphatic heterocycles. The lowest BCUT2D eigenvalue weighted by Gasteiger charge is -2.07. The summed E-state index contributed by atoms with van der Waals surface area (Å²) < 4.78 is 28.9. The van der Waals surface area contributed by atoms with Crippen LogP contribution >= 0.6 is 11.3 Å². The minimum absolute atomic E-state index is 0.204. The standard InChI is InChI=1S/C15H11F2N3OS/c1-3-9-7-22-14(19-9)10-4-8(2)5-11-13(10)18-6-12(20-11)21-15(16)17/h3-7,15H,1H2,2H3. The van der Waals surface area contributed by atoms with E-state index in [0.717, 1.165) is 21.8 Å². The summed E-state index contributed by atoms with van der Waals surface area (Å²) in [5, 5.41) is 2.67. The molecule has 0 saturated carbocycles. The number of hydrogen-bond donors (Lipinski definition) is 0. The molecule has 0 fully saturated rings. The van der Waals surface area contributed by atoms with Crippen LogP contribution in [0.5, 0.6) is 5.88 Å². The zero-order valence-electron chi connectivity index (χ0n) is 11.6. The highest BCUT2D eigenvalue weighted by atomic mass is 32.1. The Balaban J connectivity index is 2.15. The predicted octanol–water partition coefficient (Wildman–Crippen LogP) is 4.31. The van der Waals surface area contributed by atoms with Gasteiger partial charge in [-0.2, -0.15) is 8.78 Å². The van der Waals surface area contributed by atoms with Crippen LogP contribution in [-0.2, 0) is 0 Å². The van der Waals surface area contributed by atoms with Gasteiger partial charge in [0.25, 0.3) is 0 Å². The molecule has 4 nitrogen and oxygen atoms in total. The number of halogens is 2. The maximum absolute atomic E-state index is 12.3. The van der Waals surface area contributed by atoms with Gasteiger partial charge in [0, 0.05) is 10.9 Å². The van der Waals surface area contributed by atoms with Crippen LogP contribution in [0.4, 0.5) is 8.78 Å². The molecule has 2 aromatic heterocycles. The molecule has 0 radical (unpaired) electrons. The molecule has 0 spiro atoms. The maximum atomic E-state index is 12.3. The number of fused-ring (bicyclic) bond motifs is 1. The first-order valence-electron chi connectivity index (χ1n) is 6.37. The Morgan fingerprint density at radius 1 is 1.32 bits per heavy atom. The summed E-state index contributed by atoms with van der Waals surface area (Å²) in [5.74, 6) is -0.204. The van der Waals surface area contributed by atoms with Gasteiger partial charge in [-0.25, -0.2) is 15.0 Å². The molecule has 0 N–H and O–H groups in total. The molecule has 0 aliphatic rings. The predicted molar refractivity (Wildman–Crippen MR) is 82.1 cm³/mol. The van der Waals surface area contributed by atoms with Crippen molar-refractivity contribution in [2.75, 3.05) is 0 Å². The molecule has 0 bridgehead atoms. The summed E-state index contributed by atoms with van der Waals surface area (Å²) in [7, 11) is 0. The lowest BCUT2D eigenvalue weighted by Crippen LogP contribution is -2.04. The number of nitrogens with zero attached hydrogens (tertiary/aromatic N) is 3. The molecule has 7 heteroatoms. The topological polar surface area (TPSA) is 47.9 Å². The molecule has 112 valence electrons. The Labute approximate surface area is 129 Å². The lowest BCUT2D eigenvalue weighted by molar-refractivity contribution is -0.0528. The number of alkyl halides is 2. The van der Waals surface area contributed by atoms with Gasteiger partial charge in [-0.3, -0.25) is 0 Å². The molecule has 3 rings (SSSR count). The van der Waals surface area contributed by atoms with E-state index in [0.29, 0.717) is 11.0 Å². The third-order valence-corrected chi connectivity index (χ3v) is 3.83. The Kier molecular flexibility index (Phi) is 3.81. The van der Waals surface area contributed by atoms with Crippen LogP contribution in [-0.4, -0.2) is 21.6 Å². The smallest absolute Gasteiger partial charge is 0.388 e. The van der Waals surface area contributed by atoms with Crippen molar-refractivity contribution in [2.45, 2.75) is 13.5 Å². The molecular weight excluding hydrogens is 308 g/mol. The molecule has 0 amide bonds. The van der Waals surface area contributed by atoms with E-state index >= 15 is 0 Å². The van der Waals surface area contributed by atoms with E-state index in [2.05, 4.69) is 26.3 Å². The first-order chi connectivity index (χ1) is 10.6. The van der Waals surface area contributed by atoms with E-state index in [9.17, 15) is 8.78 Å². The number of benzene rings is 1. The van der Waals surface area contributed by atoms with Gasteiger partial charge in [-0.05, 0) is 30.7 Å². The highest BCUT2D eigenvalue weighted by molar-refractivity contribution is 7.13. The van der Waals surface area contributed by atoms with Crippen molar-refractivity contribution >= 4 is 28.4 Å². The summed E-state index contributed by atoms with van der Waals surface area (Å²) in [4.78, 5) is 12.7. The van der Waals surface area contributed by atoms with Crippen molar-refractivity contribution in [2.24, 2.45) is 0 Å². The highest BCUT2D eigenvalue weighted by Gasteiger charge is 2.13. The van der Waals surface area contributed by atoms with Crippen LogP contribution in [0.3, 0.4) is 0 Å². The fourth-order valence-corrected chi connectivity index (χ4v) is 2.88. The van der Waals surface area contributed by atoms with E-state index in [1.54, 1.807) is 12.1 Å². The first-order valence-corrected chi connectivity index (χ1v) is 7.25. The van der Waals surface area contributed by atoms with Crippen molar-refractivity contribution < 1.29 is 13.5 Å². The Hall–Kier alpha value is -2.41. The minimum Gasteiger partial charge on any atom is -0.415 e. The van der Waals surface area contributed by atoms with Crippen LogP contribution in [0.2, 0.25) is 0 Å². The van der Waals surface area contributed by atoms with Crippen LogP contribution in [0.25, 0.3) is 27.7 Å². The van der Waals surface area contributed by atoms with E-state index in [-0.39, 0.29) is 5.88 Å². The van der Waals surface area contributed by atoms with Gasteiger partial charge in [0.05, 0.1) is 22.9 Å². The second kappa shape index (κ2) is 5.76. The van der Waals surface area contributed by atoms with Gasteiger partial charge >= 0.3 is 6.61 Å². The molecule has 22 heavy (non-hydrogen) atoms. The molecule has 0 atom stereocenters. The Bertz CT molecular complexity index is 848. The van der Waals surface area contributed by atoms with Gasteiger partial charge in [0.1, 0.15) is 5.01 Å². The highest BCUT2D eigenvalue weighted by Crippen LogP contribution is 2.31. The third kappa shape index (κ3) is 2.80. The van der Waals surface area contributed by atoms with E-state index in [1.165, 1.54) is 17.5 Å². The monoisotopic (exact) mass is 319 g/mol. The minimum atomic E-state index is -2.93. The third-order valence-electron chi connectivity index (χ3n) is 2.94. The molecule has 1 aromatic carbocycles. The summed E-state index contributed by atoms with van der Waals surface area (Å²) in [6.45, 7) is 2.66. The van der Waals surface area contributed by atoms with Crippen molar-refractivity contribution in [1.82, 2.24) is 15.0 Å². The van der Waals surface area contributed by atoms with Crippen LogP contribution in [0, 0.1) is 6.92 Å². The number of aromatic nitrogens is 3. The van der Waals surface area contributed by atoms with E-state index in [1.807, 2.05) is 18.4 Å². The second-order valence-corrected chi connectivity index (χ2v) is 5.41. The van der Waals surface area contributed by atoms with Gasteiger partial charge < -0.3 is 4.74 Å². The van der Waals surface area contributed by atoms with Crippen LogP contribution in [0.1, 0.15) is 11.3 Å². The van der Waals surface area contributed by atoms with E-state index < -0.39 is 6.61 Å². The molecule has 2 heterocycles. The summed E-state index contributed by atoms with van der Waals surface area (Å²) in [5.41, 5.74) is 3.60. The molecular formula is C15H11F2N3OS. The molecule has 3 aromatic rings. The molecule has 0 saturated heterocycles. The maximum Gasteiger partial charge on any atom is 0.388 e. The summed E-state index contributed by atoms with van der Waals surface area (Å²) in [6, 6.07) is 3.71. The first kappa shape index (κ1) is 14.5. The largest absolute Gasteiger partial charge is 0.415 e. The average Bonchev–Trinajstić information content (AvgIpc) is 2.94. The summed E-state index contributed by atoms with van der Waals surface area (Å²) >= 11 is 1.46. The SMILES string of the molecule is C=Cc1csc(-c2cc(C)cc3nc(OC(F)F)cnc23)n1. The average molecular weight is 319 g/mol. The normalized spacial score (nSPS) is 11.1. The van der Waals surface area contributed by atoms with Crippen molar-refractivity contribution in [1.29, 1.82) is 0 Å². The molecule has 0 unspecified atom stereocenters. The van der Waals surface area contributed by atoms with Crippen LogP contribution < -0.4 is 4.74 Å². The van der Waals surface area contributed by atoms with Gasteiger partial charge in [0.2, 0.25) is 5.88 Å². The van der Waals surface area contributed by atoms with E-state index in [4.69, 9.17) is 0 Å². The van der Waals surface area contributed by atoms with Crippen LogP contribution in [0.15, 0.2) is 30.3 Å². The number of rotatable bonds is 4. The van der Waals surface area contributed by atoms with Crippen molar-refractivity contribution in [3.8, 4) is 16.5 Å². The fraction of sp³-hybridized carbons (Fsp3) is 0.133. The second-order valence-electron chi connectivity index (χ2n) is 4.55. The van der Waals surface area contributed by atoms with Crippen molar-refractivity contribution in [3.63, 3.8) is 0 Å². The lowest BCUT2D eigenvalue weighted by atomic mass is 10.1. The molecule has 0 aliphatic carbocycles. The number of aryl methyl sites for hydroxylation is 1. The Morgan fingerprint density at radius 3 is 2.82 bits per heavy atom. The number of ether oxygens (including phenoxy) is 1. The Morgan fingerprint density at radius 2 is 2.14 bits per heavy atom. The number of hydrogen-bond acceptors (Lipinski definition) is 5. The zero-order valence-corrected chi connectivity index (χ0v) is 12.4. The van der Waals surface area contributed by atoms with Gasteiger partial charge in [-0.15, -0.1) is 11.3 Å². The summed E-state index contributed by atoms with van der Waals surface area (Å²) in [6.07, 6.45) is 2.85. The zero-order chi connectivity index (χ0) is 15.7. The fourth-order valence-electron chi connectivity index (χ4n) is 2.06.